The summed E-state index contributed by atoms with van der Waals surface area (Å²) in [6, 6.07) is 9.79. The number of rotatable bonds is 3. The number of hydrogen-bond acceptors (Lipinski definition) is 2. The quantitative estimate of drug-likeness (QED) is 0.659. The van der Waals surface area contributed by atoms with Crippen LogP contribution in [0.1, 0.15) is 11.1 Å². The molecule has 106 valence electrons. The molecule has 20 heavy (non-hydrogen) atoms. The van der Waals surface area contributed by atoms with E-state index in [1.54, 1.807) is 24.3 Å². The number of nitrogens with one attached hydrogen (secondary N) is 1. The van der Waals surface area contributed by atoms with Crippen LogP contribution >= 0.6 is 0 Å². The number of benzene rings is 2. The SMILES string of the molecule is Nc1ccccc1CNc1ccc(F)c(C(F)(F)F)c1. The van der Waals surface area contributed by atoms with Crippen molar-refractivity contribution >= 4 is 11.4 Å². The first-order valence-corrected chi connectivity index (χ1v) is 5.82. The average molecular weight is 284 g/mol. The molecule has 0 saturated carbocycles. The highest BCUT2D eigenvalue weighted by Crippen LogP contribution is 2.33. The number of alkyl halides is 3. The molecule has 6 heteroatoms. The molecule has 2 aromatic rings. The van der Waals surface area contributed by atoms with Gasteiger partial charge >= 0.3 is 6.18 Å². The zero-order chi connectivity index (χ0) is 14.8. The fourth-order valence-electron chi connectivity index (χ4n) is 1.74. The van der Waals surface area contributed by atoms with Crippen LogP contribution in [0.15, 0.2) is 42.5 Å². The predicted molar refractivity (Wildman–Crippen MR) is 69.6 cm³/mol. The monoisotopic (exact) mass is 284 g/mol. The smallest absolute Gasteiger partial charge is 0.398 e. The van der Waals surface area contributed by atoms with Gasteiger partial charge in [-0.1, -0.05) is 18.2 Å². The molecule has 2 rings (SSSR count). The molecular formula is C14H12F4N2. The fraction of sp³-hybridized carbons (Fsp3) is 0.143. The zero-order valence-corrected chi connectivity index (χ0v) is 10.3. The maximum absolute atomic E-state index is 13.1. The number of nitrogen functional groups attached to an aromatic ring is 1. The topological polar surface area (TPSA) is 38.0 Å². The summed E-state index contributed by atoms with van der Waals surface area (Å²) in [6.45, 7) is 0.260. The van der Waals surface area contributed by atoms with Crippen molar-refractivity contribution in [2.75, 3.05) is 11.1 Å². The van der Waals surface area contributed by atoms with Crippen LogP contribution in [0.2, 0.25) is 0 Å². The maximum atomic E-state index is 13.1. The molecule has 0 saturated heterocycles. The molecule has 0 radical (unpaired) electrons. The first kappa shape index (κ1) is 14.2. The van der Waals surface area contributed by atoms with Gasteiger partial charge in [-0.15, -0.1) is 0 Å². The summed E-state index contributed by atoms with van der Waals surface area (Å²) in [5, 5.41) is 2.79. The van der Waals surface area contributed by atoms with Gasteiger partial charge in [0.2, 0.25) is 0 Å². The second kappa shape index (κ2) is 5.40. The second-order valence-electron chi connectivity index (χ2n) is 4.24. The Kier molecular flexibility index (Phi) is 3.83. The van der Waals surface area contributed by atoms with Crippen LogP contribution < -0.4 is 11.1 Å². The zero-order valence-electron chi connectivity index (χ0n) is 10.3. The Balaban J connectivity index is 2.17. The molecule has 3 N–H and O–H groups in total. The minimum Gasteiger partial charge on any atom is -0.398 e. The molecule has 0 heterocycles. The van der Waals surface area contributed by atoms with Gasteiger partial charge in [0.15, 0.2) is 0 Å². The molecule has 0 amide bonds. The molecule has 0 unspecified atom stereocenters. The van der Waals surface area contributed by atoms with Crippen LogP contribution in [0.25, 0.3) is 0 Å². The second-order valence-corrected chi connectivity index (χ2v) is 4.24. The molecule has 0 bridgehead atoms. The average Bonchev–Trinajstić information content (AvgIpc) is 2.38. The lowest BCUT2D eigenvalue weighted by Gasteiger charge is -2.12. The third-order valence-electron chi connectivity index (χ3n) is 2.81. The maximum Gasteiger partial charge on any atom is 0.419 e. The normalized spacial score (nSPS) is 11.4. The summed E-state index contributed by atoms with van der Waals surface area (Å²) in [6.07, 6.45) is -4.71. The van der Waals surface area contributed by atoms with Crippen molar-refractivity contribution in [1.82, 2.24) is 0 Å². The van der Waals surface area contributed by atoms with E-state index < -0.39 is 17.6 Å². The van der Waals surface area contributed by atoms with E-state index in [1.807, 2.05) is 0 Å². The molecule has 0 aliphatic carbocycles. The Hall–Kier alpha value is -2.24. The van der Waals surface area contributed by atoms with Gasteiger partial charge in [0.05, 0.1) is 5.56 Å². The van der Waals surface area contributed by atoms with Gasteiger partial charge in [-0.05, 0) is 29.8 Å². The molecule has 0 fully saturated rings. The third-order valence-corrected chi connectivity index (χ3v) is 2.81. The van der Waals surface area contributed by atoms with E-state index in [2.05, 4.69) is 5.32 Å². The van der Waals surface area contributed by atoms with Crippen LogP contribution in [0.5, 0.6) is 0 Å². The van der Waals surface area contributed by atoms with Gasteiger partial charge in [-0.3, -0.25) is 0 Å². The molecule has 0 aliphatic rings. The molecule has 2 nitrogen and oxygen atoms in total. The molecular weight excluding hydrogens is 272 g/mol. The summed E-state index contributed by atoms with van der Waals surface area (Å²) in [5.41, 5.74) is 5.92. The van der Waals surface area contributed by atoms with E-state index in [0.717, 1.165) is 17.7 Å². The number of hydrogen-bond donors (Lipinski definition) is 2. The van der Waals surface area contributed by atoms with E-state index in [-0.39, 0.29) is 12.2 Å². The van der Waals surface area contributed by atoms with Crippen molar-refractivity contribution in [3.8, 4) is 0 Å². The van der Waals surface area contributed by atoms with E-state index >= 15 is 0 Å². The lowest BCUT2D eigenvalue weighted by molar-refractivity contribution is -0.139. The number of anilines is 2. The Morgan fingerprint density at radius 3 is 2.40 bits per heavy atom. The van der Waals surface area contributed by atoms with Crippen LogP contribution in [0.3, 0.4) is 0 Å². The first-order valence-electron chi connectivity index (χ1n) is 5.82. The summed E-state index contributed by atoms with van der Waals surface area (Å²) in [5.74, 6) is -1.29. The molecule has 2 aromatic carbocycles. The highest BCUT2D eigenvalue weighted by molar-refractivity contribution is 5.51. The van der Waals surface area contributed by atoms with Crippen LogP contribution in [-0.4, -0.2) is 0 Å². The number of nitrogens with two attached hydrogens (primary N) is 1. The van der Waals surface area contributed by atoms with Gasteiger partial charge in [-0.2, -0.15) is 13.2 Å². The Morgan fingerprint density at radius 2 is 1.75 bits per heavy atom. The van der Waals surface area contributed by atoms with Crippen molar-refractivity contribution in [2.45, 2.75) is 12.7 Å². The summed E-state index contributed by atoms with van der Waals surface area (Å²) in [4.78, 5) is 0. The van der Waals surface area contributed by atoms with Crippen LogP contribution in [0.4, 0.5) is 28.9 Å². The largest absolute Gasteiger partial charge is 0.419 e. The van der Waals surface area contributed by atoms with Crippen LogP contribution in [-0.2, 0) is 12.7 Å². The summed E-state index contributed by atoms with van der Waals surface area (Å²) >= 11 is 0. The van der Waals surface area contributed by atoms with Crippen molar-refractivity contribution in [3.63, 3.8) is 0 Å². The van der Waals surface area contributed by atoms with Gasteiger partial charge in [-0.25, -0.2) is 4.39 Å². The standard InChI is InChI=1S/C14H12F4N2/c15-12-6-5-10(7-11(12)14(16,17)18)20-8-9-3-1-2-4-13(9)19/h1-7,20H,8,19H2. The fourth-order valence-corrected chi connectivity index (χ4v) is 1.74. The Morgan fingerprint density at radius 1 is 1.05 bits per heavy atom. The van der Waals surface area contributed by atoms with Crippen molar-refractivity contribution < 1.29 is 17.6 Å². The van der Waals surface area contributed by atoms with Gasteiger partial charge in [0.25, 0.3) is 0 Å². The predicted octanol–water partition coefficient (Wildman–Crippen LogP) is 4.04. The van der Waals surface area contributed by atoms with E-state index in [1.165, 1.54) is 6.07 Å². The number of halogens is 4. The van der Waals surface area contributed by atoms with Gasteiger partial charge in [0.1, 0.15) is 5.82 Å². The van der Waals surface area contributed by atoms with Crippen molar-refractivity contribution in [2.24, 2.45) is 0 Å². The van der Waals surface area contributed by atoms with Gasteiger partial charge < -0.3 is 11.1 Å². The number of para-hydroxylation sites is 1. The Bertz CT molecular complexity index is 608. The highest BCUT2D eigenvalue weighted by atomic mass is 19.4. The summed E-state index contributed by atoms with van der Waals surface area (Å²) < 4.78 is 50.8. The van der Waals surface area contributed by atoms with Crippen molar-refractivity contribution in [1.29, 1.82) is 0 Å². The Labute approximate surface area is 113 Å². The third kappa shape index (κ3) is 3.20. The lowest BCUT2D eigenvalue weighted by Crippen LogP contribution is -2.09. The van der Waals surface area contributed by atoms with E-state index in [9.17, 15) is 17.6 Å². The molecule has 0 aromatic heterocycles. The highest BCUT2D eigenvalue weighted by Gasteiger charge is 2.34. The molecule has 0 spiro atoms. The van der Waals surface area contributed by atoms with Crippen molar-refractivity contribution in [3.05, 3.63) is 59.4 Å². The minimum absolute atomic E-state index is 0.182. The van der Waals surface area contributed by atoms with Crippen LogP contribution in [0, 0.1) is 5.82 Å². The molecule has 0 aliphatic heterocycles. The first-order chi connectivity index (χ1) is 9.38. The van der Waals surface area contributed by atoms with Gasteiger partial charge in [0, 0.05) is 17.9 Å². The minimum atomic E-state index is -4.71. The lowest BCUT2D eigenvalue weighted by atomic mass is 10.1. The van der Waals surface area contributed by atoms with E-state index in [4.69, 9.17) is 5.73 Å². The van der Waals surface area contributed by atoms with E-state index in [0.29, 0.717) is 5.69 Å². The summed E-state index contributed by atoms with van der Waals surface area (Å²) in [7, 11) is 0. The molecule has 0 atom stereocenters.